The lowest BCUT2D eigenvalue weighted by atomic mass is 9.79. The van der Waals surface area contributed by atoms with Crippen molar-refractivity contribution in [3.8, 4) is 0 Å². The highest BCUT2D eigenvalue weighted by Crippen LogP contribution is 2.42. The van der Waals surface area contributed by atoms with E-state index in [1.54, 1.807) is 0 Å². The number of aliphatic imine (C=N–C) groups is 1. The average Bonchev–Trinajstić information content (AvgIpc) is 3.05. The van der Waals surface area contributed by atoms with Crippen LogP contribution in [0.2, 0.25) is 0 Å². The fourth-order valence-corrected chi connectivity index (χ4v) is 4.60. The summed E-state index contributed by atoms with van der Waals surface area (Å²) in [5.74, 6) is 0.0148. The molecule has 0 amide bonds. The summed E-state index contributed by atoms with van der Waals surface area (Å²) < 4.78 is 0. The SMILES string of the molecule is CC1=C(c2ccccc2)[C@@H](c2ccccc2)C(/C=C\c2ccccc2)=NC=C1c1ccccc1. The van der Waals surface area contributed by atoms with E-state index < -0.39 is 0 Å². The van der Waals surface area contributed by atoms with Gasteiger partial charge in [0.25, 0.3) is 0 Å². The third kappa shape index (κ3) is 4.60. The first-order valence-electron chi connectivity index (χ1n) is 11.7. The molecule has 4 aromatic carbocycles. The van der Waals surface area contributed by atoms with Gasteiger partial charge in [-0.3, -0.25) is 4.99 Å². The lowest BCUT2D eigenvalue weighted by Gasteiger charge is -2.24. The van der Waals surface area contributed by atoms with Gasteiger partial charge >= 0.3 is 0 Å². The molecule has 34 heavy (non-hydrogen) atoms. The van der Waals surface area contributed by atoms with Crippen LogP contribution in [-0.2, 0) is 0 Å². The molecule has 0 unspecified atom stereocenters. The van der Waals surface area contributed by atoms with Gasteiger partial charge in [0.1, 0.15) is 0 Å². The molecular weight excluding hydrogens is 410 g/mol. The minimum atomic E-state index is 0.0148. The molecule has 0 N–H and O–H groups in total. The summed E-state index contributed by atoms with van der Waals surface area (Å²) in [6.07, 6.45) is 6.38. The summed E-state index contributed by atoms with van der Waals surface area (Å²) in [6, 6.07) is 42.4. The summed E-state index contributed by atoms with van der Waals surface area (Å²) in [4.78, 5) is 5.11. The van der Waals surface area contributed by atoms with Crippen LogP contribution in [0.15, 0.2) is 144 Å². The van der Waals surface area contributed by atoms with Gasteiger partial charge in [-0.05, 0) is 46.4 Å². The van der Waals surface area contributed by atoms with Gasteiger partial charge in [-0.1, -0.05) is 127 Å². The van der Waals surface area contributed by atoms with Crippen LogP contribution >= 0.6 is 0 Å². The van der Waals surface area contributed by atoms with E-state index in [2.05, 4.69) is 134 Å². The second-order valence-corrected chi connectivity index (χ2v) is 8.46. The van der Waals surface area contributed by atoms with Crippen LogP contribution in [0.25, 0.3) is 17.2 Å². The molecule has 1 heteroatoms. The smallest absolute Gasteiger partial charge is 0.0523 e. The van der Waals surface area contributed by atoms with Crippen LogP contribution in [0, 0.1) is 0 Å². The highest BCUT2D eigenvalue weighted by Gasteiger charge is 2.27. The molecule has 1 atom stereocenters. The lowest BCUT2D eigenvalue weighted by molar-refractivity contribution is 1.15. The Balaban J connectivity index is 1.75. The molecule has 0 aromatic heterocycles. The van der Waals surface area contributed by atoms with Crippen molar-refractivity contribution in [1.82, 2.24) is 0 Å². The van der Waals surface area contributed by atoms with Crippen LogP contribution in [0.3, 0.4) is 0 Å². The minimum Gasteiger partial charge on any atom is -0.260 e. The van der Waals surface area contributed by atoms with Crippen molar-refractivity contribution in [1.29, 1.82) is 0 Å². The molecule has 164 valence electrons. The number of nitrogens with zero attached hydrogens (tertiary/aromatic N) is 1. The molecule has 1 aliphatic rings. The molecule has 1 heterocycles. The predicted molar refractivity (Wildman–Crippen MR) is 146 cm³/mol. The molecule has 0 fully saturated rings. The van der Waals surface area contributed by atoms with E-state index in [-0.39, 0.29) is 5.92 Å². The molecule has 0 bridgehead atoms. The van der Waals surface area contributed by atoms with Crippen molar-refractivity contribution in [3.05, 3.63) is 161 Å². The quantitative estimate of drug-likeness (QED) is 0.297. The van der Waals surface area contributed by atoms with Gasteiger partial charge < -0.3 is 0 Å². The molecule has 0 aliphatic carbocycles. The first kappa shape index (κ1) is 21.6. The van der Waals surface area contributed by atoms with Crippen LogP contribution in [-0.4, -0.2) is 5.71 Å². The zero-order valence-corrected chi connectivity index (χ0v) is 19.3. The summed E-state index contributed by atoms with van der Waals surface area (Å²) in [7, 11) is 0. The number of rotatable bonds is 5. The topological polar surface area (TPSA) is 12.4 Å². The molecule has 1 nitrogen and oxygen atoms in total. The van der Waals surface area contributed by atoms with E-state index >= 15 is 0 Å². The number of allylic oxidation sites excluding steroid dienone is 4. The number of hydrogen-bond acceptors (Lipinski definition) is 1. The van der Waals surface area contributed by atoms with Crippen molar-refractivity contribution >= 4 is 22.9 Å². The molecule has 0 saturated heterocycles. The Morgan fingerprint density at radius 3 is 1.74 bits per heavy atom. The first-order valence-corrected chi connectivity index (χ1v) is 11.7. The summed E-state index contributed by atoms with van der Waals surface area (Å²) in [5.41, 5.74) is 9.52. The van der Waals surface area contributed by atoms with E-state index in [0.29, 0.717) is 0 Å². The molecule has 5 rings (SSSR count). The second-order valence-electron chi connectivity index (χ2n) is 8.46. The van der Waals surface area contributed by atoms with Gasteiger partial charge in [-0.25, -0.2) is 0 Å². The largest absolute Gasteiger partial charge is 0.260 e. The second kappa shape index (κ2) is 10.1. The Labute approximate surface area is 202 Å². The summed E-state index contributed by atoms with van der Waals surface area (Å²) in [6.45, 7) is 2.23. The van der Waals surface area contributed by atoms with Gasteiger partial charge in [0.15, 0.2) is 0 Å². The maximum atomic E-state index is 5.11. The number of hydrogen-bond donors (Lipinski definition) is 0. The average molecular weight is 438 g/mol. The molecule has 0 saturated carbocycles. The van der Waals surface area contributed by atoms with Gasteiger partial charge in [0.2, 0.25) is 0 Å². The molecule has 0 spiro atoms. The van der Waals surface area contributed by atoms with E-state index in [0.717, 1.165) is 16.8 Å². The normalized spacial score (nSPS) is 16.2. The van der Waals surface area contributed by atoms with Gasteiger partial charge in [0.05, 0.1) is 11.6 Å². The zero-order chi connectivity index (χ0) is 23.2. The summed E-state index contributed by atoms with van der Waals surface area (Å²) >= 11 is 0. The van der Waals surface area contributed by atoms with Gasteiger partial charge in [-0.2, -0.15) is 0 Å². The Hall–Kier alpha value is -4.23. The Morgan fingerprint density at radius 2 is 1.12 bits per heavy atom. The van der Waals surface area contributed by atoms with E-state index in [1.165, 1.54) is 27.8 Å². The molecule has 0 radical (unpaired) electrons. The highest BCUT2D eigenvalue weighted by atomic mass is 14.7. The van der Waals surface area contributed by atoms with Crippen LogP contribution < -0.4 is 0 Å². The zero-order valence-electron chi connectivity index (χ0n) is 19.3. The Kier molecular flexibility index (Phi) is 6.45. The first-order chi connectivity index (χ1) is 16.8. The minimum absolute atomic E-state index is 0.0148. The third-order valence-electron chi connectivity index (χ3n) is 6.28. The summed E-state index contributed by atoms with van der Waals surface area (Å²) in [5, 5.41) is 0. The highest BCUT2D eigenvalue weighted by molar-refractivity contribution is 6.13. The van der Waals surface area contributed by atoms with Crippen molar-refractivity contribution < 1.29 is 0 Å². The van der Waals surface area contributed by atoms with Crippen molar-refractivity contribution in [3.63, 3.8) is 0 Å². The van der Waals surface area contributed by atoms with Crippen LogP contribution in [0.4, 0.5) is 0 Å². The Bertz CT molecular complexity index is 1360. The Morgan fingerprint density at radius 1 is 0.588 bits per heavy atom. The van der Waals surface area contributed by atoms with Crippen LogP contribution in [0.1, 0.15) is 35.1 Å². The predicted octanol–water partition coefficient (Wildman–Crippen LogP) is 8.45. The lowest BCUT2D eigenvalue weighted by Crippen LogP contribution is -2.13. The molecule has 1 aliphatic heterocycles. The van der Waals surface area contributed by atoms with Crippen LogP contribution in [0.5, 0.6) is 0 Å². The van der Waals surface area contributed by atoms with E-state index in [1.807, 2.05) is 12.3 Å². The maximum absolute atomic E-state index is 5.11. The fraction of sp³-hybridized carbons (Fsp3) is 0.0606. The van der Waals surface area contributed by atoms with Gasteiger partial charge in [0, 0.05) is 11.8 Å². The monoisotopic (exact) mass is 437 g/mol. The standard InChI is InChI=1S/C33H27N/c1-25-30(27-16-8-3-9-17-27)24-34-31(23-22-26-14-6-2-7-15-26)33(29-20-12-5-13-21-29)32(25)28-18-10-4-11-19-28/h2-24,33H,1H3/b23-22-/t33-/m0/s1. The molecule has 4 aromatic rings. The van der Waals surface area contributed by atoms with E-state index in [4.69, 9.17) is 4.99 Å². The van der Waals surface area contributed by atoms with Gasteiger partial charge in [-0.15, -0.1) is 0 Å². The van der Waals surface area contributed by atoms with Crippen molar-refractivity contribution in [2.45, 2.75) is 12.8 Å². The third-order valence-corrected chi connectivity index (χ3v) is 6.28. The maximum Gasteiger partial charge on any atom is 0.0523 e. The molecular formula is C33H27N. The van der Waals surface area contributed by atoms with Crippen molar-refractivity contribution in [2.24, 2.45) is 4.99 Å². The number of benzene rings is 4. The fourth-order valence-electron chi connectivity index (χ4n) is 4.60. The van der Waals surface area contributed by atoms with Crippen molar-refractivity contribution in [2.75, 3.05) is 0 Å². The van der Waals surface area contributed by atoms with E-state index in [9.17, 15) is 0 Å².